The van der Waals surface area contributed by atoms with E-state index in [1.54, 1.807) is 0 Å². The lowest BCUT2D eigenvalue weighted by atomic mass is 9.97. The third kappa shape index (κ3) is 4.86. The van der Waals surface area contributed by atoms with Gasteiger partial charge in [-0.25, -0.2) is 0 Å². The molecule has 2 fully saturated rings. The number of esters is 1. The molecule has 2 aliphatic heterocycles. The molecule has 5 nitrogen and oxygen atoms in total. The first kappa shape index (κ1) is 20.1. The van der Waals surface area contributed by atoms with Crippen molar-refractivity contribution in [1.82, 2.24) is 0 Å². The summed E-state index contributed by atoms with van der Waals surface area (Å²) in [5.74, 6) is -0.857. The van der Waals surface area contributed by atoms with Gasteiger partial charge in [-0.3, -0.25) is 4.79 Å². The zero-order valence-electron chi connectivity index (χ0n) is 17.0. The Labute approximate surface area is 171 Å². The number of hydrogen-bond donors (Lipinski definition) is 0. The van der Waals surface area contributed by atoms with Crippen molar-refractivity contribution in [2.45, 2.75) is 63.3 Å². The molecule has 2 aromatic rings. The van der Waals surface area contributed by atoms with Gasteiger partial charge in [-0.05, 0) is 37.8 Å². The van der Waals surface area contributed by atoms with Gasteiger partial charge in [0.2, 0.25) is 0 Å². The van der Waals surface area contributed by atoms with Crippen LogP contribution >= 0.6 is 0 Å². The van der Waals surface area contributed by atoms with Crippen molar-refractivity contribution in [1.29, 1.82) is 0 Å². The second-order valence-electron chi connectivity index (χ2n) is 8.09. The second kappa shape index (κ2) is 8.66. The maximum Gasteiger partial charge on any atom is 0.306 e. The minimum atomic E-state index is -0.681. The van der Waals surface area contributed by atoms with Crippen molar-refractivity contribution >= 4 is 5.97 Å². The molecule has 0 aliphatic carbocycles. The number of rotatable bonds is 6. The van der Waals surface area contributed by atoms with E-state index >= 15 is 0 Å². The largest absolute Gasteiger partial charge is 0.459 e. The molecule has 0 aromatic heterocycles. The average Bonchev–Trinajstić information content (AvgIpc) is 3.09. The van der Waals surface area contributed by atoms with Gasteiger partial charge >= 0.3 is 5.97 Å². The van der Waals surface area contributed by atoms with E-state index in [0.717, 1.165) is 24.0 Å². The fourth-order valence-corrected chi connectivity index (χ4v) is 4.02. The van der Waals surface area contributed by atoms with Crippen LogP contribution in [0.4, 0.5) is 0 Å². The fraction of sp³-hybridized carbons (Fsp3) is 0.458. The highest BCUT2D eigenvalue weighted by Gasteiger charge is 2.44. The van der Waals surface area contributed by atoms with Crippen molar-refractivity contribution in [3.63, 3.8) is 0 Å². The molecular formula is C24H28O5. The van der Waals surface area contributed by atoms with Gasteiger partial charge in [0.1, 0.15) is 24.4 Å². The Morgan fingerprint density at radius 3 is 2.10 bits per heavy atom. The minimum absolute atomic E-state index is 0.177. The Morgan fingerprint density at radius 1 is 0.966 bits per heavy atom. The molecule has 0 radical (unpaired) electrons. The van der Waals surface area contributed by atoms with Gasteiger partial charge in [0.05, 0.1) is 6.61 Å². The predicted molar refractivity (Wildman–Crippen MR) is 108 cm³/mol. The summed E-state index contributed by atoms with van der Waals surface area (Å²) in [6.45, 7) is 4.19. The van der Waals surface area contributed by atoms with Crippen molar-refractivity contribution in [2.75, 3.05) is 6.61 Å². The van der Waals surface area contributed by atoms with Crippen LogP contribution in [0.5, 0.6) is 0 Å². The zero-order valence-corrected chi connectivity index (χ0v) is 17.0. The third-order valence-electron chi connectivity index (χ3n) is 5.41. The van der Waals surface area contributed by atoms with Gasteiger partial charge in [-0.1, -0.05) is 60.7 Å². The Bertz CT molecular complexity index is 765. The smallest absolute Gasteiger partial charge is 0.306 e. The first-order chi connectivity index (χ1) is 14.0. The molecule has 0 N–H and O–H groups in total. The van der Waals surface area contributed by atoms with E-state index in [0.29, 0.717) is 13.0 Å². The van der Waals surface area contributed by atoms with E-state index in [4.69, 9.17) is 18.9 Å². The van der Waals surface area contributed by atoms with Crippen molar-refractivity contribution in [3.8, 4) is 0 Å². The van der Waals surface area contributed by atoms with Crippen LogP contribution in [0.15, 0.2) is 60.7 Å². The summed E-state index contributed by atoms with van der Waals surface area (Å²) >= 11 is 0. The standard InChI is InChI=1S/C24H28O5/c1-24(2)26-16-20(29-24)23(19-14-9-15-21(25)27-19)28-22(17-10-5-3-6-11-17)18-12-7-4-8-13-18/h3-8,10-13,19-20,22-23H,9,14-16H2,1-2H3/t19-,20+,23-/m1/s1. The lowest BCUT2D eigenvalue weighted by Gasteiger charge is -2.36. The molecule has 154 valence electrons. The lowest BCUT2D eigenvalue weighted by Crippen LogP contribution is -2.46. The molecule has 2 aromatic carbocycles. The fourth-order valence-electron chi connectivity index (χ4n) is 4.02. The monoisotopic (exact) mass is 396 g/mol. The molecule has 0 saturated carbocycles. The number of benzene rings is 2. The van der Waals surface area contributed by atoms with E-state index < -0.39 is 11.9 Å². The zero-order chi connectivity index (χ0) is 20.3. The Kier molecular flexibility index (Phi) is 5.99. The maximum absolute atomic E-state index is 12.0. The summed E-state index contributed by atoms with van der Waals surface area (Å²) in [7, 11) is 0. The summed E-state index contributed by atoms with van der Waals surface area (Å²) in [5, 5.41) is 0. The molecule has 0 bridgehead atoms. The van der Waals surface area contributed by atoms with E-state index in [1.807, 2.05) is 50.2 Å². The summed E-state index contributed by atoms with van der Waals surface area (Å²) in [5.41, 5.74) is 2.09. The Morgan fingerprint density at radius 2 is 1.59 bits per heavy atom. The first-order valence-electron chi connectivity index (χ1n) is 10.3. The topological polar surface area (TPSA) is 54.0 Å². The van der Waals surface area contributed by atoms with E-state index in [2.05, 4.69) is 24.3 Å². The Hall–Kier alpha value is -2.21. The van der Waals surface area contributed by atoms with Crippen LogP contribution in [0.2, 0.25) is 0 Å². The molecule has 0 unspecified atom stereocenters. The van der Waals surface area contributed by atoms with Crippen LogP contribution in [0, 0.1) is 0 Å². The summed E-state index contributed by atoms with van der Waals surface area (Å²) in [6, 6.07) is 20.2. The molecule has 0 amide bonds. The van der Waals surface area contributed by atoms with E-state index in [9.17, 15) is 4.79 Å². The highest BCUT2D eigenvalue weighted by Crippen LogP contribution is 2.35. The lowest BCUT2D eigenvalue weighted by molar-refractivity contribution is -0.193. The van der Waals surface area contributed by atoms with E-state index in [1.165, 1.54) is 0 Å². The summed E-state index contributed by atoms with van der Waals surface area (Å²) < 4.78 is 24.3. The first-order valence-corrected chi connectivity index (χ1v) is 10.3. The van der Waals surface area contributed by atoms with Crippen LogP contribution in [0.1, 0.15) is 50.3 Å². The van der Waals surface area contributed by atoms with Crippen molar-refractivity contribution in [3.05, 3.63) is 71.8 Å². The number of ether oxygens (including phenoxy) is 4. The summed E-state index contributed by atoms with van der Waals surface area (Å²) in [4.78, 5) is 12.0. The van der Waals surface area contributed by atoms with Crippen LogP contribution in [-0.2, 0) is 23.7 Å². The molecule has 2 heterocycles. The molecule has 29 heavy (non-hydrogen) atoms. The van der Waals surface area contributed by atoms with Crippen LogP contribution < -0.4 is 0 Å². The normalized spacial score (nSPS) is 25.0. The third-order valence-corrected chi connectivity index (χ3v) is 5.41. The molecule has 4 rings (SSSR count). The molecule has 2 aliphatic rings. The van der Waals surface area contributed by atoms with Gasteiger partial charge in [0.15, 0.2) is 5.79 Å². The van der Waals surface area contributed by atoms with E-state index in [-0.39, 0.29) is 24.3 Å². The van der Waals surface area contributed by atoms with Gasteiger partial charge in [0, 0.05) is 6.42 Å². The number of carbonyl (C=O) groups is 1. The highest BCUT2D eigenvalue weighted by molar-refractivity contribution is 5.70. The van der Waals surface area contributed by atoms with Crippen LogP contribution in [0.25, 0.3) is 0 Å². The quantitative estimate of drug-likeness (QED) is 0.677. The number of hydrogen-bond acceptors (Lipinski definition) is 5. The average molecular weight is 396 g/mol. The Balaban J connectivity index is 1.65. The summed E-state index contributed by atoms with van der Waals surface area (Å²) in [6.07, 6.45) is 0.623. The van der Waals surface area contributed by atoms with Gasteiger partial charge in [0.25, 0.3) is 0 Å². The predicted octanol–water partition coefficient (Wildman–Crippen LogP) is 4.41. The second-order valence-corrected chi connectivity index (χ2v) is 8.09. The highest BCUT2D eigenvalue weighted by atomic mass is 16.8. The van der Waals surface area contributed by atoms with Gasteiger partial charge < -0.3 is 18.9 Å². The number of cyclic esters (lactones) is 1. The minimum Gasteiger partial charge on any atom is -0.459 e. The van der Waals surface area contributed by atoms with Crippen molar-refractivity contribution in [2.24, 2.45) is 0 Å². The van der Waals surface area contributed by atoms with Gasteiger partial charge in [-0.15, -0.1) is 0 Å². The molecule has 5 heteroatoms. The molecule has 0 spiro atoms. The van der Waals surface area contributed by atoms with Gasteiger partial charge in [-0.2, -0.15) is 0 Å². The number of carbonyl (C=O) groups excluding carboxylic acids is 1. The molecular weight excluding hydrogens is 368 g/mol. The van der Waals surface area contributed by atoms with Crippen molar-refractivity contribution < 1.29 is 23.7 Å². The molecule has 3 atom stereocenters. The van der Waals surface area contributed by atoms with Crippen LogP contribution in [-0.4, -0.2) is 36.7 Å². The maximum atomic E-state index is 12.0. The molecule has 2 saturated heterocycles. The SMILES string of the molecule is CC1(C)OC[C@@H]([C@H](OC(c2ccccc2)c2ccccc2)[C@H]2CCCC(=O)O2)O1. The van der Waals surface area contributed by atoms with Crippen LogP contribution in [0.3, 0.4) is 0 Å².